The van der Waals surface area contributed by atoms with E-state index in [-0.39, 0.29) is 5.78 Å². The van der Waals surface area contributed by atoms with Crippen LogP contribution in [-0.2, 0) is 0 Å². The van der Waals surface area contributed by atoms with E-state index in [1.165, 1.54) is 24.2 Å². The lowest BCUT2D eigenvalue weighted by atomic mass is 9.99. The maximum atomic E-state index is 11.9. The Balaban J connectivity index is 1.76. The molecule has 17 heavy (non-hydrogen) atoms. The Morgan fingerprint density at radius 1 is 1.65 bits per heavy atom. The molecule has 0 radical (unpaired) electrons. The second-order valence-corrected chi connectivity index (χ2v) is 5.76. The van der Waals surface area contributed by atoms with Gasteiger partial charge in [-0.3, -0.25) is 9.69 Å². The lowest BCUT2D eigenvalue weighted by Gasteiger charge is -2.27. The van der Waals surface area contributed by atoms with Gasteiger partial charge in [0.15, 0.2) is 5.78 Å². The summed E-state index contributed by atoms with van der Waals surface area (Å²) in [5.41, 5.74) is 0. The van der Waals surface area contributed by atoms with Gasteiger partial charge >= 0.3 is 0 Å². The maximum absolute atomic E-state index is 11.9. The molecule has 0 aliphatic carbocycles. The van der Waals surface area contributed by atoms with E-state index < -0.39 is 0 Å². The highest BCUT2D eigenvalue weighted by Crippen LogP contribution is 2.13. The third kappa shape index (κ3) is 3.91. The first-order valence-electron chi connectivity index (χ1n) is 6.21. The molecule has 0 amide bonds. The van der Waals surface area contributed by atoms with Crippen LogP contribution in [0, 0.1) is 5.92 Å². The maximum Gasteiger partial charge on any atom is 0.186 e. The molecule has 1 aromatic rings. The molecular formula is C13H20N2OS. The fraction of sp³-hybridized carbons (Fsp3) is 0.615. The van der Waals surface area contributed by atoms with Crippen molar-refractivity contribution in [3.05, 3.63) is 22.4 Å². The Morgan fingerprint density at radius 3 is 3.18 bits per heavy atom. The van der Waals surface area contributed by atoms with Crippen molar-refractivity contribution in [2.75, 3.05) is 33.2 Å². The van der Waals surface area contributed by atoms with Gasteiger partial charge in [-0.25, -0.2) is 0 Å². The van der Waals surface area contributed by atoms with Crippen LogP contribution in [-0.4, -0.2) is 43.9 Å². The first-order chi connectivity index (χ1) is 8.25. The first kappa shape index (κ1) is 12.7. The van der Waals surface area contributed by atoms with Gasteiger partial charge < -0.3 is 5.32 Å². The van der Waals surface area contributed by atoms with Crippen LogP contribution in [0.3, 0.4) is 0 Å². The van der Waals surface area contributed by atoms with Crippen molar-refractivity contribution in [3.8, 4) is 0 Å². The second-order valence-electron chi connectivity index (χ2n) is 4.81. The number of nitrogens with zero attached hydrogens (tertiary/aromatic N) is 1. The fourth-order valence-electron chi connectivity index (χ4n) is 2.35. The molecule has 1 fully saturated rings. The molecule has 4 heteroatoms. The van der Waals surface area contributed by atoms with Crippen LogP contribution in [0.4, 0.5) is 0 Å². The monoisotopic (exact) mass is 252 g/mol. The number of Topliss-reactive ketones (excluding diaryl/α,β-unsaturated/α-hetero) is 1. The quantitative estimate of drug-likeness (QED) is 0.812. The Labute approximate surface area is 107 Å². The van der Waals surface area contributed by atoms with Gasteiger partial charge in [0.05, 0.1) is 11.4 Å². The van der Waals surface area contributed by atoms with Crippen molar-refractivity contribution in [1.29, 1.82) is 0 Å². The summed E-state index contributed by atoms with van der Waals surface area (Å²) in [4.78, 5) is 14.9. The van der Waals surface area contributed by atoms with Gasteiger partial charge in [0.25, 0.3) is 0 Å². The van der Waals surface area contributed by atoms with E-state index in [0.717, 1.165) is 24.5 Å². The number of nitrogens with one attached hydrogen (secondary N) is 1. The third-order valence-electron chi connectivity index (χ3n) is 3.18. The van der Waals surface area contributed by atoms with E-state index in [0.29, 0.717) is 12.5 Å². The number of ketones is 1. The minimum absolute atomic E-state index is 0.242. The standard InChI is InChI=1S/C13H20N2OS/c1-15(9-11-4-2-6-14-8-11)10-12(16)13-5-3-7-17-13/h3,5,7,11,14H,2,4,6,8-10H2,1H3. The summed E-state index contributed by atoms with van der Waals surface area (Å²) in [6, 6.07) is 3.84. The summed E-state index contributed by atoms with van der Waals surface area (Å²) in [7, 11) is 2.04. The van der Waals surface area contributed by atoms with Gasteiger partial charge in [0.2, 0.25) is 0 Å². The molecule has 0 bridgehead atoms. The lowest BCUT2D eigenvalue weighted by molar-refractivity contribution is 0.0938. The average Bonchev–Trinajstić information content (AvgIpc) is 2.83. The third-order valence-corrected chi connectivity index (χ3v) is 4.09. The van der Waals surface area contributed by atoms with Crippen molar-refractivity contribution in [2.24, 2.45) is 5.92 Å². The smallest absolute Gasteiger partial charge is 0.186 e. The van der Waals surface area contributed by atoms with Crippen LogP contribution in [0.25, 0.3) is 0 Å². The average molecular weight is 252 g/mol. The number of rotatable bonds is 5. The molecule has 1 unspecified atom stereocenters. The predicted octanol–water partition coefficient (Wildman–Crippen LogP) is 1.86. The van der Waals surface area contributed by atoms with Crippen molar-refractivity contribution in [1.82, 2.24) is 10.2 Å². The summed E-state index contributed by atoms with van der Waals surface area (Å²) in [5.74, 6) is 0.941. The topological polar surface area (TPSA) is 32.3 Å². The SMILES string of the molecule is CN(CC(=O)c1cccs1)CC1CCCNC1. The largest absolute Gasteiger partial charge is 0.316 e. The highest BCUT2D eigenvalue weighted by Gasteiger charge is 2.17. The van der Waals surface area contributed by atoms with Gasteiger partial charge in [-0.1, -0.05) is 6.07 Å². The summed E-state index contributed by atoms with van der Waals surface area (Å²) in [5, 5.41) is 5.37. The van der Waals surface area contributed by atoms with Gasteiger partial charge in [-0.15, -0.1) is 11.3 Å². The number of carbonyl (C=O) groups excluding carboxylic acids is 1. The van der Waals surface area contributed by atoms with Crippen molar-refractivity contribution < 1.29 is 4.79 Å². The van der Waals surface area contributed by atoms with E-state index in [1.54, 1.807) is 0 Å². The molecule has 2 heterocycles. The molecule has 3 nitrogen and oxygen atoms in total. The summed E-state index contributed by atoms with van der Waals surface area (Å²) < 4.78 is 0. The zero-order chi connectivity index (χ0) is 12.1. The number of hydrogen-bond acceptors (Lipinski definition) is 4. The zero-order valence-electron chi connectivity index (χ0n) is 10.3. The fourth-order valence-corrected chi connectivity index (χ4v) is 3.00. The van der Waals surface area contributed by atoms with Crippen molar-refractivity contribution in [3.63, 3.8) is 0 Å². The van der Waals surface area contributed by atoms with Crippen molar-refractivity contribution >= 4 is 17.1 Å². The molecule has 0 saturated carbocycles. The second kappa shape index (κ2) is 6.28. The molecule has 1 atom stereocenters. The van der Waals surface area contributed by atoms with Crippen LogP contribution in [0.1, 0.15) is 22.5 Å². The Bertz CT molecular complexity index is 344. The van der Waals surface area contributed by atoms with Gasteiger partial charge in [0.1, 0.15) is 0 Å². The molecule has 1 saturated heterocycles. The highest BCUT2D eigenvalue weighted by molar-refractivity contribution is 7.12. The van der Waals surface area contributed by atoms with E-state index >= 15 is 0 Å². The van der Waals surface area contributed by atoms with Crippen LogP contribution in [0.2, 0.25) is 0 Å². The molecule has 1 aromatic heterocycles. The molecule has 94 valence electrons. The van der Waals surface area contributed by atoms with Crippen LogP contribution < -0.4 is 5.32 Å². The molecule has 0 spiro atoms. The van der Waals surface area contributed by atoms with Crippen LogP contribution >= 0.6 is 11.3 Å². The van der Waals surface area contributed by atoms with Gasteiger partial charge in [-0.05, 0) is 50.3 Å². The van der Waals surface area contributed by atoms with E-state index in [4.69, 9.17) is 0 Å². The van der Waals surface area contributed by atoms with E-state index in [1.807, 2.05) is 24.6 Å². The minimum Gasteiger partial charge on any atom is -0.316 e. The van der Waals surface area contributed by atoms with Gasteiger partial charge in [-0.2, -0.15) is 0 Å². The zero-order valence-corrected chi connectivity index (χ0v) is 11.1. The number of thiophene rings is 1. The van der Waals surface area contributed by atoms with Crippen molar-refractivity contribution in [2.45, 2.75) is 12.8 Å². The molecular weight excluding hydrogens is 232 g/mol. The highest BCUT2D eigenvalue weighted by atomic mass is 32.1. The molecule has 2 rings (SSSR count). The normalized spacial score (nSPS) is 20.7. The first-order valence-corrected chi connectivity index (χ1v) is 7.09. The summed E-state index contributed by atoms with van der Waals surface area (Å²) in [6.07, 6.45) is 2.54. The number of carbonyl (C=O) groups is 1. The predicted molar refractivity (Wildman–Crippen MR) is 71.7 cm³/mol. The summed E-state index contributed by atoms with van der Waals surface area (Å²) >= 11 is 1.53. The Hall–Kier alpha value is -0.710. The van der Waals surface area contributed by atoms with Crippen LogP contribution in [0.5, 0.6) is 0 Å². The molecule has 1 aliphatic heterocycles. The number of hydrogen-bond donors (Lipinski definition) is 1. The van der Waals surface area contributed by atoms with Gasteiger partial charge in [0, 0.05) is 6.54 Å². The Kier molecular flexibility index (Phi) is 4.71. The summed E-state index contributed by atoms with van der Waals surface area (Å²) in [6.45, 7) is 3.80. The molecule has 1 N–H and O–H groups in total. The molecule has 0 aromatic carbocycles. The Morgan fingerprint density at radius 2 is 2.53 bits per heavy atom. The van der Waals surface area contributed by atoms with Crippen LogP contribution in [0.15, 0.2) is 17.5 Å². The lowest BCUT2D eigenvalue weighted by Crippen LogP contribution is -2.38. The minimum atomic E-state index is 0.242. The van der Waals surface area contributed by atoms with E-state index in [9.17, 15) is 4.79 Å². The van der Waals surface area contributed by atoms with E-state index in [2.05, 4.69) is 10.2 Å². The molecule has 1 aliphatic rings. The number of likely N-dealkylation sites (N-methyl/N-ethyl adjacent to an activating group) is 1. The number of piperidine rings is 1.